The molecule has 1 aliphatic rings. The van der Waals surface area contributed by atoms with E-state index in [-0.39, 0.29) is 9.68 Å². The summed E-state index contributed by atoms with van der Waals surface area (Å²) in [7, 11) is 0.126. The van der Waals surface area contributed by atoms with E-state index < -0.39 is 0 Å². The fourth-order valence-electron chi connectivity index (χ4n) is 1.91. The molecule has 1 fully saturated rings. The summed E-state index contributed by atoms with van der Waals surface area (Å²) in [6.45, 7) is 3.46. The molecule has 0 atom stereocenters. The largest absolute Gasteiger partial charge is 0.327 e. The molecule has 0 N–H and O–H groups in total. The molecule has 0 amide bonds. The second-order valence-corrected chi connectivity index (χ2v) is 6.04. The van der Waals surface area contributed by atoms with Crippen LogP contribution in [0.1, 0.15) is 12.0 Å². The van der Waals surface area contributed by atoms with E-state index in [0.29, 0.717) is 0 Å². The predicted octanol–water partition coefficient (Wildman–Crippen LogP) is 1.31. The van der Waals surface area contributed by atoms with Gasteiger partial charge in [-0.25, -0.2) is 0 Å². The summed E-state index contributed by atoms with van der Waals surface area (Å²) in [5.74, 6) is 0. The van der Waals surface area contributed by atoms with Crippen molar-refractivity contribution in [1.82, 2.24) is 4.57 Å². The van der Waals surface area contributed by atoms with Crippen LogP contribution in [0.3, 0.4) is 0 Å². The maximum atomic E-state index is 4.46. The Morgan fingerprint density at radius 3 is 2.93 bits per heavy atom. The Morgan fingerprint density at radius 1 is 1.33 bits per heavy atom. The van der Waals surface area contributed by atoms with Gasteiger partial charge in [-0.05, 0) is 24.6 Å². The number of aliphatic imine (C=N–C) groups is 1. The molecular weight excluding hydrogens is 200 g/mol. The second kappa shape index (κ2) is 5.83. The van der Waals surface area contributed by atoms with Crippen LogP contribution in [-0.4, -0.2) is 40.1 Å². The van der Waals surface area contributed by atoms with Crippen LogP contribution in [0.25, 0.3) is 0 Å². The highest BCUT2D eigenvalue weighted by molar-refractivity contribution is 6.32. The van der Waals surface area contributed by atoms with Crippen molar-refractivity contribution >= 4 is 15.9 Å². The van der Waals surface area contributed by atoms with Crippen molar-refractivity contribution in [2.24, 2.45) is 4.99 Å². The molecule has 0 saturated carbocycles. The van der Waals surface area contributed by atoms with E-state index in [1.165, 1.54) is 31.1 Å². The van der Waals surface area contributed by atoms with Crippen molar-refractivity contribution in [3.05, 3.63) is 35.9 Å². The summed E-state index contributed by atoms with van der Waals surface area (Å²) in [5, 5.41) is 0. The lowest BCUT2D eigenvalue weighted by Gasteiger charge is -2.11. The predicted molar refractivity (Wildman–Crippen MR) is 68.4 cm³/mol. The second-order valence-electron chi connectivity index (χ2n) is 3.99. The molecule has 1 aromatic carbocycles. The lowest BCUT2D eigenvalue weighted by molar-refractivity contribution is 0.486. The third-order valence-corrected chi connectivity index (χ3v) is 4.87. The Kier molecular flexibility index (Phi) is 4.11. The Labute approximate surface area is 93.9 Å². The molecule has 0 aliphatic carbocycles. The van der Waals surface area contributed by atoms with Crippen molar-refractivity contribution in [3.8, 4) is 0 Å². The standard InChI is InChI=1S/C12H18N2Si/c1-2-5-12(6-3-1)11-13-7-9-14-8-4-10-15-14/h1-3,5-6,11H,4,7-10,15H2. The van der Waals surface area contributed by atoms with Gasteiger partial charge in [-0.2, -0.15) is 0 Å². The van der Waals surface area contributed by atoms with Crippen LogP contribution in [-0.2, 0) is 0 Å². The first-order valence-corrected chi connectivity index (χ1v) is 7.35. The normalized spacial score (nSPS) is 19.2. The summed E-state index contributed by atoms with van der Waals surface area (Å²) in [6.07, 6.45) is 3.41. The zero-order valence-electron chi connectivity index (χ0n) is 9.10. The van der Waals surface area contributed by atoms with Gasteiger partial charge in [0.25, 0.3) is 0 Å². The summed E-state index contributed by atoms with van der Waals surface area (Å²) >= 11 is 0. The van der Waals surface area contributed by atoms with Crippen LogP contribution in [0.2, 0.25) is 6.04 Å². The van der Waals surface area contributed by atoms with E-state index in [1.54, 1.807) is 0 Å². The molecule has 2 nitrogen and oxygen atoms in total. The minimum atomic E-state index is 0.126. The Balaban J connectivity index is 1.71. The van der Waals surface area contributed by atoms with Crippen molar-refractivity contribution in [2.75, 3.05) is 19.6 Å². The molecule has 1 aliphatic heterocycles. The molecule has 80 valence electrons. The van der Waals surface area contributed by atoms with Crippen molar-refractivity contribution in [2.45, 2.75) is 12.5 Å². The van der Waals surface area contributed by atoms with E-state index >= 15 is 0 Å². The van der Waals surface area contributed by atoms with Gasteiger partial charge in [0.15, 0.2) is 0 Å². The number of hydrogen-bond donors (Lipinski definition) is 0. The molecule has 2 rings (SSSR count). The monoisotopic (exact) mass is 218 g/mol. The minimum Gasteiger partial charge on any atom is -0.327 e. The van der Waals surface area contributed by atoms with Gasteiger partial charge in [0.1, 0.15) is 0 Å². The fraction of sp³-hybridized carbons (Fsp3) is 0.417. The zero-order chi connectivity index (χ0) is 10.3. The highest BCUT2D eigenvalue weighted by Crippen LogP contribution is 2.04. The number of nitrogens with zero attached hydrogens (tertiary/aromatic N) is 2. The molecule has 0 unspecified atom stereocenters. The van der Waals surface area contributed by atoms with Gasteiger partial charge in [-0.15, -0.1) is 0 Å². The quantitative estimate of drug-likeness (QED) is 0.550. The maximum Gasteiger partial charge on any atom is 0.0951 e. The number of rotatable bonds is 4. The topological polar surface area (TPSA) is 15.6 Å². The lowest BCUT2D eigenvalue weighted by Crippen LogP contribution is -2.24. The van der Waals surface area contributed by atoms with Gasteiger partial charge in [-0.3, -0.25) is 4.99 Å². The van der Waals surface area contributed by atoms with Gasteiger partial charge in [-0.1, -0.05) is 30.3 Å². The number of hydrogen-bond acceptors (Lipinski definition) is 2. The van der Waals surface area contributed by atoms with E-state index in [2.05, 4.69) is 33.8 Å². The Morgan fingerprint density at radius 2 is 2.20 bits per heavy atom. The molecular formula is C12H18N2Si. The molecule has 0 radical (unpaired) electrons. The van der Waals surface area contributed by atoms with Crippen LogP contribution >= 0.6 is 0 Å². The van der Waals surface area contributed by atoms with Gasteiger partial charge < -0.3 is 4.57 Å². The first-order valence-electron chi connectivity index (χ1n) is 5.72. The first-order chi connectivity index (χ1) is 7.45. The summed E-state index contributed by atoms with van der Waals surface area (Å²) < 4.78 is 2.63. The summed E-state index contributed by atoms with van der Waals surface area (Å²) in [5.41, 5.74) is 1.20. The van der Waals surface area contributed by atoms with Gasteiger partial charge >= 0.3 is 0 Å². The van der Waals surface area contributed by atoms with E-state index in [1.807, 2.05) is 12.3 Å². The average molecular weight is 218 g/mol. The third kappa shape index (κ3) is 3.61. The summed E-state index contributed by atoms with van der Waals surface area (Å²) in [6, 6.07) is 11.8. The minimum absolute atomic E-state index is 0.126. The van der Waals surface area contributed by atoms with Gasteiger partial charge in [0, 0.05) is 12.8 Å². The Bertz CT molecular complexity index is 305. The molecule has 3 heteroatoms. The fourth-order valence-corrected chi connectivity index (χ4v) is 3.62. The van der Waals surface area contributed by atoms with Gasteiger partial charge in [0.2, 0.25) is 0 Å². The van der Waals surface area contributed by atoms with E-state index in [0.717, 1.165) is 6.54 Å². The lowest BCUT2D eigenvalue weighted by atomic mass is 10.2. The molecule has 0 spiro atoms. The van der Waals surface area contributed by atoms with E-state index in [4.69, 9.17) is 0 Å². The molecule has 0 bridgehead atoms. The highest BCUT2D eigenvalue weighted by atomic mass is 28.2. The highest BCUT2D eigenvalue weighted by Gasteiger charge is 2.09. The number of benzene rings is 1. The van der Waals surface area contributed by atoms with Crippen LogP contribution in [0.5, 0.6) is 0 Å². The zero-order valence-corrected chi connectivity index (χ0v) is 10.5. The third-order valence-electron chi connectivity index (χ3n) is 2.78. The van der Waals surface area contributed by atoms with Crippen LogP contribution in [0, 0.1) is 0 Å². The van der Waals surface area contributed by atoms with Crippen molar-refractivity contribution < 1.29 is 0 Å². The SMILES string of the molecule is C(=NCCN1CCC[SiH2]1)c1ccccc1. The molecule has 0 aromatic heterocycles. The van der Waals surface area contributed by atoms with E-state index in [9.17, 15) is 0 Å². The van der Waals surface area contributed by atoms with Crippen LogP contribution < -0.4 is 0 Å². The van der Waals surface area contributed by atoms with Crippen LogP contribution in [0.15, 0.2) is 35.3 Å². The first kappa shape index (κ1) is 10.6. The van der Waals surface area contributed by atoms with Gasteiger partial charge in [0.05, 0.1) is 16.2 Å². The molecule has 15 heavy (non-hydrogen) atoms. The average Bonchev–Trinajstić information content (AvgIpc) is 2.79. The molecule has 1 saturated heterocycles. The van der Waals surface area contributed by atoms with Crippen molar-refractivity contribution in [3.63, 3.8) is 0 Å². The Hall–Kier alpha value is -0.933. The van der Waals surface area contributed by atoms with Crippen molar-refractivity contribution in [1.29, 1.82) is 0 Å². The molecule has 1 aromatic rings. The summed E-state index contributed by atoms with van der Waals surface area (Å²) in [4.78, 5) is 4.46. The molecule has 1 heterocycles. The smallest absolute Gasteiger partial charge is 0.0951 e. The van der Waals surface area contributed by atoms with Crippen LogP contribution in [0.4, 0.5) is 0 Å². The maximum absolute atomic E-state index is 4.46.